The summed E-state index contributed by atoms with van der Waals surface area (Å²) >= 11 is 0. The zero-order chi connectivity index (χ0) is 42.2. The number of furan rings is 1. The van der Waals surface area contributed by atoms with Gasteiger partial charge in [0.2, 0.25) is 5.89 Å². The number of para-hydroxylation sites is 3. The van der Waals surface area contributed by atoms with Gasteiger partial charge >= 0.3 is 0 Å². The zero-order valence-electron chi connectivity index (χ0n) is 34.7. The van der Waals surface area contributed by atoms with Crippen LogP contribution in [0.3, 0.4) is 0 Å². The van der Waals surface area contributed by atoms with Crippen LogP contribution in [0.1, 0.15) is 22.3 Å². The minimum absolute atomic E-state index is 0.504. The lowest BCUT2D eigenvalue weighted by Gasteiger charge is -2.34. The summed E-state index contributed by atoms with van der Waals surface area (Å²) in [4.78, 5) is 7.36. The lowest BCUT2D eigenvalue weighted by atomic mass is 9.68. The Morgan fingerprint density at radius 3 is 1.81 bits per heavy atom. The fourth-order valence-electron chi connectivity index (χ4n) is 10.4. The van der Waals surface area contributed by atoms with E-state index in [2.05, 4.69) is 211 Å². The first-order chi connectivity index (χ1) is 31.7. The smallest absolute Gasteiger partial charge is 0.228 e. The van der Waals surface area contributed by atoms with Gasteiger partial charge in [-0.2, -0.15) is 0 Å². The molecule has 4 nitrogen and oxygen atoms in total. The van der Waals surface area contributed by atoms with Crippen LogP contribution in [-0.2, 0) is 5.41 Å². The summed E-state index contributed by atoms with van der Waals surface area (Å²) in [6.45, 7) is 0. The van der Waals surface area contributed by atoms with Gasteiger partial charge < -0.3 is 13.7 Å². The molecule has 1 aliphatic carbocycles. The summed E-state index contributed by atoms with van der Waals surface area (Å²) in [5.41, 5.74) is 16.3. The highest BCUT2D eigenvalue weighted by molar-refractivity contribution is 6.22. The van der Waals surface area contributed by atoms with Crippen LogP contribution in [0.15, 0.2) is 239 Å². The Morgan fingerprint density at radius 1 is 0.406 bits per heavy atom. The van der Waals surface area contributed by atoms with Gasteiger partial charge in [-0.3, -0.25) is 0 Å². The number of fused-ring (bicyclic) bond motifs is 9. The largest absolute Gasteiger partial charge is 0.453 e. The highest BCUT2D eigenvalue weighted by Crippen LogP contribution is 2.57. The van der Waals surface area contributed by atoms with Crippen molar-refractivity contribution >= 4 is 60.9 Å². The van der Waals surface area contributed by atoms with Crippen molar-refractivity contribution in [3.8, 4) is 33.7 Å². The Morgan fingerprint density at radius 2 is 1.03 bits per heavy atom. The molecule has 300 valence electrons. The van der Waals surface area contributed by atoms with Crippen molar-refractivity contribution in [2.24, 2.45) is 0 Å². The van der Waals surface area contributed by atoms with Crippen molar-refractivity contribution in [1.29, 1.82) is 0 Å². The molecule has 1 aliphatic rings. The minimum Gasteiger partial charge on any atom is -0.453 e. The molecule has 0 unspecified atom stereocenters. The normalized spacial score (nSPS) is 12.8. The fourth-order valence-corrected chi connectivity index (χ4v) is 10.4. The molecule has 0 saturated heterocycles. The highest BCUT2D eigenvalue weighted by atomic mass is 16.3. The number of nitrogens with zero attached hydrogens (tertiary/aromatic N) is 2. The van der Waals surface area contributed by atoms with Gasteiger partial charge in [0.25, 0.3) is 0 Å². The predicted molar refractivity (Wildman–Crippen MR) is 262 cm³/mol. The zero-order valence-corrected chi connectivity index (χ0v) is 34.7. The molecule has 0 amide bonds. The van der Waals surface area contributed by atoms with Crippen LogP contribution in [0.2, 0.25) is 0 Å². The standard InChI is InChI=1S/C60H38N2O2/c1-4-17-39(18-5-1)40-31-33-44(34-32-40)62(45-35-36-52-49(38-45)47-25-12-13-27-51(47)60(52,42-20-6-2-7-21-42)43-22-8-3-9-23-43)54-29-16-26-48-56-50(59-61-53-28-14-15-30-55(53)63-59)37-41-19-10-11-24-46(41)58(56)64-57(48)54/h1-38H. The Labute approximate surface area is 369 Å². The van der Waals surface area contributed by atoms with E-state index in [4.69, 9.17) is 13.8 Å². The van der Waals surface area contributed by atoms with Crippen molar-refractivity contribution in [1.82, 2.24) is 4.98 Å². The molecule has 13 rings (SSSR count). The fraction of sp³-hybridized carbons (Fsp3) is 0.0167. The molecule has 0 fully saturated rings. The second kappa shape index (κ2) is 14.3. The average molecular weight is 819 g/mol. The maximum absolute atomic E-state index is 7.24. The van der Waals surface area contributed by atoms with Crippen molar-refractivity contribution in [2.75, 3.05) is 4.90 Å². The number of oxazole rings is 1. The van der Waals surface area contributed by atoms with Crippen molar-refractivity contribution in [2.45, 2.75) is 5.41 Å². The molecule has 0 N–H and O–H groups in total. The highest BCUT2D eigenvalue weighted by Gasteiger charge is 2.46. The first kappa shape index (κ1) is 36.2. The maximum atomic E-state index is 7.24. The topological polar surface area (TPSA) is 42.4 Å². The predicted octanol–water partition coefficient (Wildman–Crippen LogP) is 16.0. The third-order valence-electron chi connectivity index (χ3n) is 13.2. The number of hydrogen-bond donors (Lipinski definition) is 0. The molecular formula is C60H38N2O2. The summed E-state index contributed by atoms with van der Waals surface area (Å²) in [6.07, 6.45) is 0. The van der Waals surface area contributed by atoms with Gasteiger partial charge in [-0.05, 0) is 98.4 Å². The van der Waals surface area contributed by atoms with Crippen molar-refractivity contribution in [3.63, 3.8) is 0 Å². The molecule has 4 heteroatoms. The molecule has 12 aromatic rings. The van der Waals surface area contributed by atoms with Gasteiger partial charge in [0, 0.05) is 33.1 Å². The first-order valence-corrected chi connectivity index (χ1v) is 21.8. The lowest BCUT2D eigenvalue weighted by molar-refractivity contribution is 0.620. The summed E-state index contributed by atoms with van der Waals surface area (Å²) in [5.74, 6) is 0.566. The summed E-state index contributed by atoms with van der Waals surface area (Å²) in [7, 11) is 0. The van der Waals surface area contributed by atoms with E-state index in [0.29, 0.717) is 5.89 Å². The third-order valence-corrected chi connectivity index (χ3v) is 13.2. The minimum atomic E-state index is -0.504. The van der Waals surface area contributed by atoms with Gasteiger partial charge in [0.15, 0.2) is 11.2 Å². The van der Waals surface area contributed by atoms with Crippen LogP contribution in [-0.4, -0.2) is 4.98 Å². The molecule has 0 atom stereocenters. The Kier molecular flexibility index (Phi) is 8.09. The summed E-state index contributed by atoms with van der Waals surface area (Å²) in [6, 6.07) is 82.3. The molecule has 0 aliphatic heterocycles. The SMILES string of the molecule is c1ccc(-c2ccc(N(c3ccc4c(c3)-c3ccccc3C4(c3ccccc3)c3ccccc3)c3cccc4c3oc3c5ccccc5cc(-c5nc6ccccc6o5)c43)cc2)cc1. The van der Waals surface area contributed by atoms with Gasteiger partial charge in [-0.1, -0.05) is 182 Å². The number of hydrogen-bond acceptors (Lipinski definition) is 4. The van der Waals surface area contributed by atoms with Gasteiger partial charge in [-0.25, -0.2) is 4.98 Å². The maximum Gasteiger partial charge on any atom is 0.228 e. The van der Waals surface area contributed by atoms with E-state index in [-0.39, 0.29) is 0 Å². The number of anilines is 3. The first-order valence-electron chi connectivity index (χ1n) is 21.8. The molecule has 0 bridgehead atoms. The van der Waals surface area contributed by atoms with E-state index < -0.39 is 5.41 Å². The van der Waals surface area contributed by atoms with E-state index in [0.717, 1.165) is 72.0 Å². The molecular weight excluding hydrogens is 781 g/mol. The molecule has 0 radical (unpaired) electrons. The summed E-state index contributed by atoms with van der Waals surface area (Å²) < 4.78 is 13.7. The number of rotatable bonds is 7. The van der Waals surface area contributed by atoms with Crippen LogP contribution in [0.25, 0.3) is 77.5 Å². The monoisotopic (exact) mass is 818 g/mol. The third kappa shape index (κ3) is 5.39. The Hall–Kier alpha value is -8.47. The van der Waals surface area contributed by atoms with E-state index in [1.165, 1.54) is 38.9 Å². The van der Waals surface area contributed by atoms with E-state index in [1.807, 2.05) is 24.3 Å². The molecule has 0 spiro atoms. The molecule has 2 heterocycles. The van der Waals surface area contributed by atoms with Crippen molar-refractivity contribution < 1.29 is 8.83 Å². The molecule has 10 aromatic carbocycles. The lowest BCUT2D eigenvalue weighted by Crippen LogP contribution is -2.28. The number of benzene rings is 10. The Bertz CT molecular complexity index is 3650. The second-order valence-electron chi connectivity index (χ2n) is 16.6. The average Bonchev–Trinajstić information content (AvgIpc) is 4.07. The van der Waals surface area contributed by atoms with E-state index in [1.54, 1.807) is 0 Å². The van der Waals surface area contributed by atoms with E-state index >= 15 is 0 Å². The molecule has 64 heavy (non-hydrogen) atoms. The van der Waals surface area contributed by atoms with Crippen LogP contribution in [0, 0.1) is 0 Å². The van der Waals surface area contributed by atoms with Crippen LogP contribution < -0.4 is 4.90 Å². The Balaban J connectivity index is 1.08. The molecule has 2 aromatic heterocycles. The summed E-state index contributed by atoms with van der Waals surface area (Å²) in [5, 5.41) is 4.05. The van der Waals surface area contributed by atoms with Crippen LogP contribution in [0.4, 0.5) is 17.1 Å². The van der Waals surface area contributed by atoms with Gasteiger partial charge in [-0.15, -0.1) is 0 Å². The molecule has 0 saturated carbocycles. The second-order valence-corrected chi connectivity index (χ2v) is 16.6. The quantitative estimate of drug-likeness (QED) is 0.161. The van der Waals surface area contributed by atoms with Crippen LogP contribution >= 0.6 is 0 Å². The number of aromatic nitrogens is 1. The van der Waals surface area contributed by atoms with Gasteiger partial charge in [0.05, 0.1) is 11.1 Å². The van der Waals surface area contributed by atoms with Gasteiger partial charge in [0.1, 0.15) is 11.1 Å². The van der Waals surface area contributed by atoms with Crippen LogP contribution in [0.5, 0.6) is 0 Å². The van der Waals surface area contributed by atoms with Crippen molar-refractivity contribution in [3.05, 3.63) is 253 Å². The van der Waals surface area contributed by atoms with E-state index in [9.17, 15) is 0 Å².